The van der Waals surface area contributed by atoms with Crippen molar-refractivity contribution in [2.45, 2.75) is 37.0 Å². The van der Waals surface area contributed by atoms with Crippen LogP contribution in [0.5, 0.6) is 0 Å². The molecule has 1 aromatic rings. The highest BCUT2D eigenvalue weighted by molar-refractivity contribution is 8.13. The van der Waals surface area contributed by atoms with Gasteiger partial charge in [-0.15, -0.1) is 0 Å². The van der Waals surface area contributed by atoms with E-state index in [0.717, 1.165) is 19.3 Å². The minimum Gasteiger partial charge on any atom is -0.287 e. The molecule has 0 bridgehead atoms. The second kappa shape index (κ2) is 6.11. The first kappa shape index (κ1) is 15.3. The Hall–Kier alpha value is -1.11. The summed E-state index contributed by atoms with van der Waals surface area (Å²) in [7, 11) is 0. The van der Waals surface area contributed by atoms with Crippen LogP contribution in [-0.2, 0) is 4.79 Å². The largest absolute Gasteiger partial charge is 0.287 e. The highest BCUT2D eigenvalue weighted by Gasteiger charge is 2.30. The van der Waals surface area contributed by atoms with Crippen molar-refractivity contribution in [3.05, 3.63) is 29.1 Å². The van der Waals surface area contributed by atoms with Crippen molar-refractivity contribution in [3.8, 4) is 0 Å². The highest BCUT2D eigenvalue weighted by atomic mass is 32.2. The van der Waals surface area contributed by atoms with Crippen molar-refractivity contribution in [1.82, 2.24) is 0 Å². The molecule has 0 aliphatic heterocycles. The van der Waals surface area contributed by atoms with E-state index in [1.54, 1.807) is 0 Å². The van der Waals surface area contributed by atoms with Crippen LogP contribution in [0.4, 0.5) is 22.0 Å². The summed E-state index contributed by atoms with van der Waals surface area (Å²) >= 11 is 0.105. The lowest BCUT2D eigenvalue weighted by Crippen LogP contribution is -2.15. The Kier molecular flexibility index (Phi) is 4.67. The maximum Gasteiger partial charge on any atom is 0.200 e. The summed E-state index contributed by atoms with van der Waals surface area (Å²) in [6, 6.07) is 0. The number of benzene rings is 1. The van der Waals surface area contributed by atoms with Crippen molar-refractivity contribution < 1.29 is 26.7 Å². The average molecular weight is 310 g/mol. The van der Waals surface area contributed by atoms with Crippen molar-refractivity contribution in [1.29, 1.82) is 0 Å². The van der Waals surface area contributed by atoms with Crippen LogP contribution in [0.25, 0.3) is 0 Å². The molecule has 7 heteroatoms. The molecule has 1 aliphatic rings. The second-order valence-electron chi connectivity index (χ2n) is 4.66. The minimum absolute atomic E-state index is 0.105. The molecule has 1 saturated carbocycles. The maximum absolute atomic E-state index is 13.4. The average Bonchev–Trinajstić information content (AvgIpc) is 2.48. The first-order valence-corrected chi connectivity index (χ1v) is 6.98. The number of hydrogen-bond acceptors (Lipinski definition) is 2. The van der Waals surface area contributed by atoms with Gasteiger partial charge in [-0.3, -0.25) is 4.79 Å². The van der Waals surface area contributed by atoms with E-state index in [4.69, 9.17) is 0 Å². The standard InChI is InChI=1S/C13H11F5OS/c14-7-8(15)10(17)12(11(18)9(7)16)20-13(19)6-4-2-1-3-5-6/h6H,1-5H2. The first-order valence-electron chi connectivity index (χ1n) is 6.16. The number of carbonyl (C=O) groups is 1. The van der Waals surface area contributed by atoms with Gasteiger partial charge in [-0.25, -0.2) is 22.0 Å². The van der Waals surface area contributed by atoms with Crippen LogP contribution in [-0.4, -0.2) is 5.12 Å². The second-order valence-corrected chi connectivity index (χ2v) is 5.67. The lowest BCUT2D eigenvalue weighted by molar-refractivity contribution is -0.115. The first-order chi connectivity index (χ1) is 9.43. The zero-order valence-electron chi connectivity index (χ0n) is 10.3. The molecule has 1 nitrogen and oxygen atoms in total. The quantitative estimate of drug-likeness (QED) is 0.344. The number of rotatable bonds is 2. The molecule has 0 atom stereocenters. The number of halogens is 5. The zero-order valence-corrected chi connectivity index (χ0v) is 11.1. The smallest absolute Gasteiger partial charge is 0.200 e. The SMILES string of the molecule is O=C(Sc1c(F)c(F)c(F)c(F)c1F)C1CCCCC1. The van der Waals surface area contributed by atoms with E-state index in [1.165, 1.54) is 0 Å². The molecule has 0 amide bonds. The van der Waals surface area contributed by atoms with Crippen LogP contribution in [0.15, 0.2) is 4.90 Å². The third kappa shape index (κ3) is 2.82. The summed E-state index contributed by atoms with van der Waals surface area (Å²) in [6.45, 7) is 0. The fourth-order valence-corrected chi connectivity index (χ4v) is 3.16. The van der Waals surface area contributed by atoms with E-state index >= 15 is 0 Å². The Balaban J connectivity index is 2.27. The van der Waals surface area contributed by atoms with E-state index < -0.39 is 39.1 Å². The maximum atomic E-state index is 13.4. The third-order valence-corrected chi connectivity index (χ3v) is 4.41. The predicted molar refractivity (Wildman–Crippen MR) is 63.7 cm³/mol. The van der Waals surface area contributed by atoms with Crippen LogP contribution in [0.3, 0.4) is 0 Å². The number of thioether (sulfide) groups is 1. The Morgan fingerprint density at radius 1 is 0.800 bits per heavy atom. The molecule has 0 aromatic heterocycles. The molecule has 0 saturated heterocycles. The Morgan fingerprint density at radius 2 is 1.25 bits per heavy atom. The van der Waals surface area contributed by atoms with Crippen molar-refractivity contribution >= 4 is 16.9 Å². The van der Waals surface area contributed by atoms with Gasteiger partial charge in [0.1, 0.15) is 0 Å². The van der Waals surface area contributed by atoms with Gasteiger partial charge in [0.15, 0.2) is 28.4 Å². The van der Waals surface area contributed by atoms with Gasteiger partial charge >= 0.3 is 0 Å². The van der Waals surface area contributed by atoms with Gasteiger partial charge in [-0.2, -0.15) is 0 Å². The number of carbonyl (C=O) groups excluding carboxylic acids is 1. The topological polar surface area (TPSA) is 17.1 Å². The predicted octanol–water partition coefficient (Wildman–Crippen LogP) is 4.58. The summed E-state index contributed by atoms with van der Waals surface area (Å²) in [4.78, 5) is 10.8. The monoisotopic (exact) mass is 310 g/mol. The van der Waals surface area contributed by atoms with E-state index in [-0.39, 0.29) is 17.7 Å². The van der Waals surface area contributed by atoms with E-state index in [1.807, 2.05) is 0 Å². The van der Waals surface area contributed by atoms with Gasteiger partial charge in [-0.1, -0.05) is 19.3 Å². The Bertz CT molecular complexity index is 511. The highest BCUT2D eigenvalue weighted by Crippen LogP contribution is 2.36. The molecule has 0 radical (unpaired) electrons. The van der Waals surface area contributed by atoms with Gasteiger partial charge in [-0.05, 0) is 24.6 Å². The van der Waals surface area contributed by atoms with E-state index in [9.17, 15) is 26.7 Å². The van der Waals surface area contributed by atoms with Crippen LogP contribution in [0.2, 0.25) is 0 Å². The molecule has 1 aliphatic carbocycles. The van der Waals surface area contributed by atoms with Gasteiger partial charge in [0.25, 0.3) is 0 Å². The molecule has 20 heavy (non-hydrogen) atoms. The molecule has 0 N–H and O–H groups in total. The molecule has 0 heterocycles. The van der Waals surface area contributed by atoms with Crippen LogP contribution < -0.4 is 0 Å². The van der Waals surface area contributed by atoms with Crippen LogP contribution in [0.1, 0.15) is 32.1 Å². The summed E-state index contributed by atoms with van der Waals surface area (Å²) in [5.41, 5.74) is 0. The summed E-state index contributed by atoms with van der Waals surface area (Å²) in [5, 5.41) is -0.548. The summed E-state index contributed by atoms with van der Waals surface area (Å²) in [6.07, 6.45) is 3.81. The molecule has 0 spiro atoms. The minimum atomic E-state index is -2.21. The summed E-state index contributed by atoms with van der Waals surface area (Å²) < 4.78 is 65.8. The Labute approximate surface area is 116 Å². The fourth-order valence-electron chi connectivity index (χ4n) is 2.20. The van der Waals surface area contributed by atoms with Crippen LogP contribution in [0, 0.1) is 35.0 Å². The third-order valence-electron chi connectivity index (χ3n) is 3.31. The van der Waals surface area contributed by atoms with E-state index in [0.29, 0.717) is 12.8 Å². The van der Waals surface area contributed by atoms with Crippen LogP contribution >= 0.6 is 11.8 Å². The number of hydrogen-bond donors (Lipinski definition) is 0. The van der Waals surface area contributed by atoms with Gasteiger partial charge in [0, 0.05) is 5.92 Å². The Morgan fingerprint density at radius 3 is 1.75 bits per heavy atom. The van der Waals surface area contributed by atoms with Crippen molar-refractivity contribution in [2.24, 2.45) is 5.92 Å². The van der Waals surface area contributed by atoms with Gasteiger partial charge < -0.3 is 0 Å². The molecule has 1 aromatic carbocycles. The van der Waals surface area contributed by atoms with Crippen molar-refractivity contribution in [3.63, 3.8) is 0 Å². The molecular formula is C13H11F5OS. The molecular weight excluding hydrogens is 299 g/mol. The molecule has 110 valence electrons. The zero-order chi connectivity index (χ0) is 14.9. The van der Waals surface area contributed by atoms with E-state index in [2.05, 4.69) is 0 Å². The normalized spacial score (nSPS) is 16.4. The van der Waals surface area contributed by atoms with Crippen molar-refractivity contribution in [2.75, 3.05) is 0 Å². The molecule has 2 rings (SSSR count). The summed E-state index contributed by atoms with van der Waals surface area (Å²) in [5.74, 6) is -10.5. The lowest BCUT2D eigenvalue weighted by Gasteiger charge is -2.19. The molecule has 1 fully saturated rings. The lowest BCUT2D eigenvalue weighted by atomic mass is 9.90. The fraction of sp³-hybridized carbons (Fsp3) is 0.462. The molecule has 0 unspecified atom stereocenters. The van der Waals surface area contributed by atoms with Gasteiger partial charge in [0.05, 0.1) is 4.90 Å². The van der Waals surface area contributed by atoms with Gasteiger partial charge in [0.2, 0.25) is 5.82 Å².